The van der Waals surface area contributed by atoms with Crippen molar-refractivity contribution in [2.45, 2.75) is 77.5 Å². The lowest BCUT2D eigenvalue weighted by atomic mass is 9.73. The van der Waals surface area contributed by atoms with Gasteiger partial charge in [-0.1, -0.05) is 49.7 Å². The van der Waals surface area contributed by atoms with Crippen molar-refractivity contribution in [2.24, 2.45) is 5.92 Å². The van der Waals surface area contributed by atoms with Crippen LogP contribution in [0.15, 0.2) is 35.2 Å². The maximum atomic E-state index is 13.2. The summed E-state index contributed by atoms with van der Waals surface area (Å²) in [7, 11) is 0. The Labute approximate surface area is 185 Å². The SMILES string of the molecule is CCc1cc(C)cc(CC)c1C1C(=O)CC(CCSc2c(C)cccc2C)CC1=O. The maximum absolute atomic E-state index is 13.2. The number of thioether (sulfide) groups is 1. The number of rotatable bonds is 7. The van der Waals surface area contributed by atoms with E-state index >= 15 is 0 Å². The fourth-order valence-electron chi connectivity index (χ4n) is 4.85. The zero-order chi connectivity index (χ0) is 21.8. The van der Waals surface area contributed by atoms with Crippen LogP contribution in [0.1, 0.15) is 72.4 Å². The summed E-state index contributed by atoms with van der Waals surface area (Å²) in [6, 6.07) is 10.7. The van der Waals surface area contributed by atoms with Gasteiger partial charge in [-0.3, -0.25) is 9.59 Å². The van der Waals surface area contributed by atoms with Gasteiger partial charge in [0.25, 0.3) is 0 Å². The standard InChI is InChI=1S/C27H34O2S/c1-6-21-13-17(3)14-22(7-2)25(21)26-23(28)15-20(16-24(26)29)11-12-30-27-18(4)9-8-10-19(27)5/h8-10,13-14,20,26H,6-7,11-12,15-16H2,1-5H3. The van der Waals surface area contributed by atoms with Gasteiger partial charge in [-0.25, -0.2) is 0 Å². The molecule has 2 aromatic rings. The predicted octanol–water partition coefficient (Wildman–Crippen LogP) is 6.55. The molecule has 2 nitrogen and oxygen atoms in total. The minimum atomic E-state index is -0.544. The fourth-order valence-corrected chi connectivity index (χ4v) is 6.09. The molecule has 2 aromatic carbocycles. The third kappa shape index (κ3) is 4.88. The zero-order valence-corrected chi connectivity index (χ0v) is 19.8. The molecule has 0 saturated heterocycles. The number of hydrogen-bond donors (Lipinski definition) is 0. The normalized spacial score (nSPS) is 19.4. The molecule has 3 heteroatoms. The van der Waals surface area contributed by atoms with Crippen LogP contribution in [-0.4, -0.2) is 17.3 Å². The van der Waals surface area contributed by atoms with Crippen molar-refractivity contribution < 1.29 is 9.59 Å². The first kappa shape index (κ1) is 22.8. The fraction of sp³-hybridized carbons (Fsp3) is 0.481. The van der Waals surface area contributed by atoms with E-state index in [1.807, 2.05) is 11.8 Å². The van der Waals surface area contributed by atoms with E-state index in [4.69, 9.17) is 0 Å². The molecule has 0 heterocycles. The monoisotopic (exact) mass is 422 g/mol. The maximum Gasteiger partial charge on any atom is 0.148 e. The van der Waals surface area contributed by atoms with Crippen molar-refractivity contribution in [1.29, 1.82) is 0 Å². The molecule has 1 saturated carbocycles. The van der Waals surface area contributed by atoms with Gasteiger partial charge in [0.05, 0.1) is 0 Å². The average molecular weight is 423 g/mol. The topological polar surface area (TPSA) is 34.1 Å². The first-order valence-corrected chi connectivity index (χ1v) is 12.2. The summed E-state index contributed by atoms with van der Waals surface area (Å²) in [5, 5.41) is 0. The van der Waals surface area contributed by atoms with Gasteiger partial charge < -0.3 is 0 Å². The highest BCUT2D eigenvalue weighted by atomic mass is 32.2. The summed E-state index contributed by atoms with van der Waals surface area (Å²) in [6.07, 6.45) is 3.69. The number of hydrogen-bond acceptors (Lipinski definition) is 3. The molecule has 0 unspecified atom stereocenters. The Hall–Kier alpha value is -1.87. The molecule has 0 aromatic heterocycles. The van der Waals surface area contributed by atoms with Crippen molar-refractivity contribution in [3.63, 3.8) is 0 Å². The summed E-state index contributed by atoms with van der Waals surface area (Å²) in [4.78, 5) is 27.6. The van der Waals surface area contributed by atoms with E-state index in [0.29, 0.717) is 12.8 Å². The van der Waals surface area contributed by atoms with E-state index in [1.165, 1.54) is 32.7 Å². The predicted molar refractivity (Wildman–Crippen MR) is 127 cm³/mol. The van der Waals surface area contributed by atoms with Crippen molar-refractivity contribution in [1.82, 2.24) is 0 Å². The van der Waals surface area contributed by atoms with Crippen LogP contribution in [0, 0.1) is 26.7 Å². The van der Waals surface area contributed by atoms with E-state index < -0.39 is 5.92 Å². The van der Waals surface area contributed by atoms with E-state index in [2.05, 4.69) is 65.0 Å². The molecule has 0 aliphatic heterocycles. The van der Waals surface area contributed by atoms with E-state index in [-0.39, 0.29) is 17.5 Å². The summed E-state index contributed by atoms with van der Waals surface area (Å²) in [6.45, 7) is 10.6. The Morgan fingerprint density at radius 3 is 1.93 bits per heavy atom. The first-order valence-electron chi connectivity index (χ1n) is 11.2. The van der Waals surface area contributed by atoms with Crippen molar-refractivity contribution in [2.75, 3.05) is 5.75 Å². The third-order valence-electron chi connectivity index (χ3n) is 6.35. The minimum Gasteiger partial charge on any atom is -0.299 e. The van der Waals surface area contributed by atoms with Gasteiger partial charge in [0.15, 0.2) is 0 Å². The molecule has 1 aliphatic carbocycles. The average Bonchev–Trinajstić information content (AvgIpc) is 2.70. The molecular weight excluding hydrogens is 388 g/mol. The number of Topliss-reactive ketones (excluding diaryl/α,β-unsaturated/α-hetero) is 2. The van der Waals surface area contributed by atoms with Crippen LogP contribution in [0.4, 0.5) is 0 Å². The third-order valence-corrected chi connectivity index (χ3v) is 7.72. The lowest BCUT2D eigenvalue weighted by Gasteiger charge is -2.29. The van der Waals surface area contributed by atoms with Crippen molar-refractivity contribution >= 4 is 23.3 Å². The van der Waals surface area contributed by atoms with Crippen LogP contribution >= 0.6 is 11.8 Å². The van der Waals surface area contributed by atoms with Crippen molar-refractivity contribution in [3.05, 3.63) is 63.7 Å². The Morgan fingerprint density at radius 1 is 0.900 bits per heavy atom. The lowest BCUT2D eigenvalue weighted by molar-refractivity contribution is -0.133. The molecule has 3 rings (SSSR count). The second kappa shape index (κ2) is 9.96. The molecule has 1 aliphatic rings. The summed E-state index contributed by atoms with van der Waals surface area (Å²) in [5.41, 5.74) is 7.17. The molecular formula is C27H34O2S. The smallest absolute Gasteiger partial charge is 0.148 e. The van der Waals surface area contributed by atoms with Crippen molar-refractivity contribution in [3.8, 4) is 0 Å². The Kier molecular flexibility index (Phi) is 7.57. The van der Waals surface area contributed by atoms with Gasteiger partial charge in [0, 0.05) is 17.7 Å². The van der Waals surface area contributed by atoms with Gasteiger partial charge in [-0.05, 0) is 79.5 Å². The number of benzene rings is 2. The molecule has 0 bridgehead atoms. The van der Waals surface area contributed by atoms with Gasteiger partial charge in [-0.15, -0.1) is 11.8 Å². The van der Waals surface area contributed by atoms with Gasteiger partial charge in [0.1, 0.15) is 17.5 Å². The summed E-state index contributed by atoms with van der Waals surface area (Å²) >= 11 is 1.86. The van der Waals surface area contributed by atoms with Gasteiger partial charge in [0.2, 0.25) is 0 Å². The lowest BCUT2D eigenvalue weighted by Crippen LogP contribution is -2.33. The largest absolute Gasteiger partial charge is 0.299 e. The van der Waals surface area contributed by atoms with E-state index in [9.17, 15) is 9.59 Å². The van der Waals surface area contributed by atoms with Crippen LogP contribution in [-0.2, 0) is 22.4 Å². The molecule has 0 N–H and O–H groups in total. The molecule has 0 radical (unpaired) electrons. The van der Waals surface area contributed by atoms with Crippen LogP contribution < -0.4 is 0 Å². The number of aryl methyl sites for hydroxylation is 5. The molecule has 0 amide bonds. The van der Waals surface area contributed by atoms with Crippen LogP contribution in [0.3, 0.4) is 0 Å². The number of carbonyl (C=O) groups is 2. The Balaban J connectivity index is 1.71. The minimum absolute atomic E-state index is 0.126. The zero-order valence-electron chi connectivity index (χ0n) is 19.0. The van der Waals surface area contributed by atoms with E-state index in [1.54, 1.807) is 0 Å². The number of carbonyl (C=O) groups excluding carboxylic acids is 2. The van der Waals surface area contributed by atoms with Crippen LogP contribution in [0.5, 0.6) is 0 Å². The number of ketones is 2. The highest BCUT2D eigenvalue weighted by molar-refractivity contribution is 7.99. The highest BCUT2D eigenvalue weighted by Gasteiger charge is 2.38. The second-order valence-electron chi connectivity index (χ2n) is 8.70. The molecule has 1 fully saturated rings. The summed E-state index contributed by atoms with van der Waals surface area (Å²) in [5.74, 6) is 0.840. The molecule has 160 valence electrons. The first-order chi connectivity index (χ1) is 14.3. The second-order valence-corrected chi connectivity index (χ2v) is 9.81. The summed E-state index contributed by atoms with van der Waals surface area (Å²) < 4.78 is 0. The molecule has 0 atom stereocenters. The Morgan fingerprint density at radius 2 is 1.43 bits per heavy atom. The highest BCUT2D eigenvalue weighted by Crippen LogP contribution is 2.37. The molecule has 30 heavy (non-hydrogen) atoms. The van der Waals surface area contributed by atoms with Gasteiger partial charge in [-0.2, -0.15) is 0 Å². The van der Waals surface area contributed by atoms with Crippen LogP contribution in [0.25, 0.3) is 0 Å². The van der Waals surface area contributed by atoms with Crippen LogP contribution in [0.2, 0.25) is 0 Å². The van der Waals surface area contributed by atoms with Gasteiger partial charge >= 0.3 is 0 Å². The quantitative estimate of drug-likeness (QED) is 0.375. The molecule has 0 spiro atoms. The van der Waals surface area contributed by atoms with E-state index in [0.717, 1.165) is 30.6 Å². The Bertz CT molecular complexity index is 881.